The average molecular weight is 340 g/mol. The Labute approximate surface area is 147 Å². The first-order valence-corrected chi connectivity index (χ1v) is 8.99. The smallest absolute Gasteiger partial charge is 0.317 e. The summed E-state index contributed by atoms with van der Waals surface area (Å²) in [6.07, 6.45) is 3.88. The van der Waals surface area contributed by atoms with Crippen LogP contribution in [-0.2, 0) is 6.54 Å². The van der Waals surface area contributed by atoms with Crippen molar-refractivity contribution in [2.45, 2.75) is 19.4 Å². The molecule has 2 fully saturated rings. The molecule has 2 aliphatic heterocycles. The molecule has 2 saturated heterocycles. The summed E-state index contributed by atoms with van der Waals surface area (Å²) in [6.45, 7) is 5.42. The van der Waals surface area contributed by atoms with E-state index in [1.54, 1.807) is 6.33 Å². The summed E-state index contributed by atoms with van der Waals surface area (Å²) in [5.41, 5.74) is 1.05. The first-order valence-electron chi connectivity index (χ1n) is 8.99. The highest BCUT2D eigenvalue weighted by Crippen LogP contribution is 2.21. The SMILES string of the molecule is O=C1NCCN1CC1CCN(Cc2ncnn2-c2ccccc2)CC1. The number of hydrogen-bond donors (Lipinski definition) is 1. The molecule has 0 saturated carbocycles. The quantitative estimate of drug-likeness (QED) is 0.896. The van der Waals surface area contributed by atoms with Gasteiger partial charge in [0.15, 0.2) is 0 Å². The number of amides is 2. The predicted octanol–water partition coefficient (Wildman–Crippen LogP) is 1.50. The number of likely N-dealkylation sites (tertiary alicyclic amines) is 1. The Hall–Kier alpha value is -2.41. The van der Waals surface area contributed by atoms with E-state index in [-0.39, 0.29) is 6.03 Å². The van der Waals surface area contributed by atoms with E-state index in [9.17, 15) is 4.79 Å². The fourth-order valence-corrected chi connectivity index (χ4v) is 3.68. The molecule has 1 aromatic heterocycles. The minimum Gasteiger partial charge on any atom is -0.336 e. The third-order valence-corrected chi connectivity index (χ3v) is 5.12. The molecule has 4 rings (SSSR count). The van der Waals surface area contributed by atoms with Crippen LogP contribution < -0.4 is 5.32 Å². The molecule has 0 radical (unpaired) electrons. The molecule has 0 atom stereocenters. The van der Waals surface area contributed by atoms with Crippen LogP contribution >= 0.6 is 0 Å². The van der Waals surface area contributed by atoms with Gasteiger partial charge in [0.25, 0.3) is 0 Å². The number of nitrogens with one attached hydrogen (secondary N) is 1. The molecular weight excluding hydrogens is 316 g/mol. The van der Waals surface area contributed by atoms with Crippen LogP contribution in [0.15, 0.2) is 36.7 Å². The molecule has 25 heavy (non-hydrogen) atoms. The first kappa shape index (κ1) is 16.1. The molecule has 3 heterocycles. The number of carbonyl (C=O) groups excluding carboxylic acids is 1. The summed E-state index contributed by atoms with van der Waals surface area (Å²) in [6, 6.07) is 10.2. The molecule has 2 aliphatic rings. The van der Waals surface area contributed by atoms with Crippen molar-refractivity contribution in [1.82, 2.24) is 29.9 Å². The third-order valence-electron chi connectivity index (χ3n) is 5.12. The van der Waals surface area contributed by atoms with E-state index < -0.39 is 0 Å². The van der Waals surface area contributed by atoms with Gasteiger partial charge in [0.05, 0.1) is 12.2 Å². The zero-order valence-electron chi connectivity index (χ0n) is 14.3. The number of aromatic nitrogens is 3. The lowest BCUT2D eigenvalue weighted by Crippen LogP contribution is -2.39. The molecule has 1 aromatic carbocycles. The van der Waals surface area contributed by atoms with Gasteiger partial charge >= 0.3 is 6.03 Å². The zero-order valence-corrected chi connectivity index (χ0v) is 14.3. The van der Waals surface area contributed by atoms with Crippen LogP contribution in [0.2, 0.25) is 0 Å². The second kappa shape index (κ2) is 7.23. The molecule has 132 valence electrons. The van der Waals surface area contributed by atoms with Crippen LogP contribution in [0.3, 0.4) is 0 Å². The van der Waals surface area contributed by atoms with Crippen LogP contribution in [0.25, 0.3) is 5.69 Å². The molecule has 2 aromatic rings. The standard InChI is InChI=1S/C18H24N6O/c25-18-19-8-11-23(18)12-15-6-9-22(10-7-15)13-17-20-14-21-24(17)16-4-2-1-3-5-16/h1-5,14-15H,6-13H2,(H,19,25). The van der Waals surface area contributed by atoms with E-state index in [0.29, 0.717) is 5.92 Å². The van der Waals surface area contributed by atoms with Gasteiger partial charge in [-0.25, -0.2) is 14.5 Å². The lowest BCUT2D eigenvalue weighted by molar-refractivity contribution is 0.148. The Balaban J connectivity index is 1.32. The van der Waals surface area contributed by atoms with Crippen molar-refractivity contribution >= 4 is 6.03 Å². The van der Waals surface area contributed by atoms with Gasteiger partial charge in [0.1, 0.15) is 12.2 Å². The summed E-state index contributed by atoms with van der Waals surface area (Å²) >= 11 is 0. The number of hydrogen-bond acceptors (Lipinski definition) is 4. The Morgan fingerprint density at radius 2 is 1.92 bits per heavy atom. The average Bonchev–Trinajstić information content (AvgIpc) is 3.27. The maximum absolute atomic E-state index is 11.7. The van der Waals surface area contributed by atoms with Gasteiger partial charge in [-0.1, -0.05) is 18.2 Å². The lowest BCUT2D eigenvalue weighted by Gasteiger charge is -2.33. The third kappa shape index (κ3) is 3.66. The molecule has 0 spiro atoms. The van der Waals surface area contributed by atoms with Gasteiger partial charge in [-0.05, 0) is 44.0 Å². The maximum Gasteiger partial charge on any atom is 0.317 e. The molecule has 7 nitrogen and oxygen atoms in total. The van der Waals surface area contributed by atoms with E-state index in [1.165, 1.54) is 0 Å². The molecule has 7 heteroatoms. The Kier molecular flexibility index (Phi) is 4.65. The van der Waals surface area contributed by atoms with Crippen LogP contribution in [0.1, 0.15) is 18.7 Å². The van der Waals surface area contributed by atoms with Crippen molar-refractivity contribution in [2.24, 2.45) is 5.92 Å². The minimum absolute atomic E-state index is 0.0957. The van der Waals surface area contributed by atoms with Crippen LogP contribution in [0, 0.1) is 5.92 Å². The number of rotatable bonds is 5. The van der Waals surface area contributed by atoms with E-state index in [1.807, 2.05) is 39.9 Å². The normalized spacial score (nSPS) is 19.4. The van der Waals surface area contributed by atoms with Gasteiger partial charge in [0.2, 0.25) is 0 Å². The molecule has 2 amide bonds. The fourth-order valence-electron chi connectivity index (χ4n) is 3.68. The van der Waals surface area contributed by atoms with Gasteiger partial charge in [-0.15, -0.1) is 0 Å². The van der Waals surface area contributed by atoms with Gasteiger partial charge in [-0.2, -0.15) is 5.10 Å². The Morgan fingerprint density at radius 3 is 2.64 bits per heavy atom. The largest absolute Gasteiger partial charge is 0.336 e. The molecule has 0 aliphatic carbocycles. The number of urea groups is 1. The minimum atomic E-state index is 0.0957. The van der Waals surface area contributed by atoms with Crippen molar-refractivity contribution in [3.8, 4) is 5.69 Å². The Bertz CT molecular complexity index is 707. The van der Waals surface area contributed by atoms with E-state index >= 15 is 0 Å². The van der Waals surface area contributed by atoms with Crippen molar-refractivity contribution < 1.29 is 4.79 Å². The summed E-state index contributed by atoms with van der Waals surface area (Å²) in [5.74, 6) is 1.58. The molecule has 1 N–H and O–H groups in total. The predicted molar refractivity (Wildman–Crippen MR) is 94.3 cm³/mol. The molecule has 0 bridgehead atoms. The van der Waals surface area contributed by atoms with Crippen LogP contribution in [-0.4, -0.2) is 63.3 Å². The highest BCUT2D eigenvalue weighted by molar-refractivity contribution is 5.76. The zero-order chi connectivity index (χ0) is 17.1. The first-order chi connectivity index (χ1) is 12.3. The van der Waals surface area contributed by atoms with Crippen molar-refractivity contribution in [3.05, 3.63) is 42.5 Å². The topological polar surface area (TPSA) is 66.3 Å². The second-order valence-electron chi connectivity index (χ2n) is 6.82. The molecule has 0 unspecified atom stereocenters. The Morgan fingerprint density at radius 1 is 1.12 bits per heavy atom. The number of para-hydroxylation sites is 1. The van der Waals surface area contributed by atoms with Gasteiger partial charge in [-0.3, -0.25) is 4.90 Å². The van der Waals surface area contributed by atoms with E-state index in [2.05, 4.69) is 20.3 Å². The second-order valence-corrected chi connectivity index (χ2v) is 6.82. The highest BCUT2D eigenvalue weighted by Gasteiger charge is 2.26. The van der Waals surface area contributed by atoms with Gasteiger partial charge in [0, 0.05) is 19.6 Å². The van der Waals surface area contributed by atoms with Crippen molar-refractivity contribution in [1.29, 1.82) is 0 Å². The number of carbonyl (C=O) groups is 1. The summed E-state index contributed by atoms with van der Waals surface area (Å²) in [5, 5.41) is 7.25. The number of nitrogens with zero attached hydrogens (tertiary/aromatic N) is 5. The van der Waals surface area contributed by atoms with Crippen molar-refractivity contribution in [3.63, 3.8) is 0 Å². The van der Waals surface area contributed by atoms with E-state index in [4.69, 9.17) is 0 Å². The molecular formula is C18H24N6O. The maximum atomic E-state index is 11.7. The van der Waals surface area contributed by atoms with Crippen LogP contribution in [0.4, 0.5) is 4.79 Å². The summed E-state index contributed by atoms with van der Waals surface area (Å²) in [7, 11) is 0. The lowest BCUT2D eigenvalue weighted by atomic mass is 9.96. The van der Waals surface area contributed by atoms with Crippen molar-refractivity contribution in [2.75, 3.05) is 32.7 Å². The highest BCUT2D eigenvalue weighted by atomic mass is 16.2. The number of piperidine rings is 1. The van der Waals surface area contributed by atoms with Crippen LogP contribution in [0.5, 0.6) is 0 Å². The fraction of sp³-hybridized carbons (Fsp3) is 0.500. The van der Waals surface area contributed by atoms with E-state index in [0.717, 1.165) is 63.6 Å². The summed E-state index contributed by atoms with van der Waals surface area (Å²) in [4.78, 5) is 20.5. The number of benzene rings is 1. The summed E-state index contributed by atoms with van der Waals surface area (Å²) < 4.78 is 1.92. The van der Waals surface area contributed by atoms with Gasteiger partial charge < -0.3 is 10.2 Å². The monoisotopic (exact) mass is 340 g/mol.